The Morgan fingerprint density at radius 2 is 1.92 bits per heavy atom. The van der Waals surface area contributed by atoms with Gasteiger partial charge in [0.15, 0.2) is 0 Å². The van der Waals surface area contributed by atoms with Crippen LogP contribution in [0.25, 0.3) is 22.2 Å². The van der Waals surface area contributed by atoms with Crippen LogP contribution in [0.1, 0.15) is 0 Å². The van der Waals surface area contributed by atoms with Crippen molar-refractivity contribution >= 4 is 46.2 Å². The van der Waals surface area contributed by atoms with Gasteiger partial charge in [-0.15, -0.1) is 0 Å². The first-order valence-corrected chi connectivity index (χ1v) is 8.29. The quantitative estimate of drug-likeness (QED) is 0.453. The van der Waals surface area contributed by atoms with Crippen molar-refractivity contribution in [2.45, 2.75) is 0 Å². The van der Waals surface area contributed by atoms with Crippen molar-refractivity contribution in [3.05, 3.63) is 65.9 Å². The van der Waals surface area contributed by atoms with Crippen LogP contribution in [0.3, 0.4) is 0 Å². The SMILES string of the molecule is O=CNc1cccc(Nc2ncc(Cl)c(-c3c[nH]c4ccccc34)n2)c1. The van der Waals surface area contributed by atoms with Crippen LogP contribution in [0.4, 0.5) is 17.3 Å². The number of nitrogens with one attached hydrogen (secondary N) is 3. The molecule has 6 nitrogen and oxygen atoms in total. The number of aromatic amines is 1. The molecule has 0 saturated heterocycles. The number of hydrogen-bond acceptors (Lipinski definition) is 4. The molecule has 2 heterocycles. The van der Waals surface area contributed by atoms with Crippen LogP contribution in [0.5, 0.6) is 0 Å². The standard InChI is InChI=1S/C19H14ClN5O/c20-16-10-22-19(24-13-5-3-4-12(8-13)23-11-26)25-18(16)15-9-21-17-7-2-1-6-14(15)17/h1-11,21H,(H,23,26)(H,22,24,25). The van der Waals surface area contributed by atoms with Crippen molar-refractivity contribution in [1.29, 1.82) is 0 Å². The fourth-order valence-corrected chi connectivity index (χ4v) is 2.96. The van der Waals surface area contributed by atoms with E-state index in [2.05, 4.69) is 25.6 Å². The topological polar surface area (TPSA) is 82.7 Å². The Labute approximate surface area is 154 Å². The molecule has 2 aromatic heterocycles. The van der Waals surface area contributed by atoms with E-state index in [1.807, 2.05) is 42.6 Å². The molecular formula is C19H14ClN5O. The Hall–Kier alpha value is -3.38. The molecule has 0 radical (unpaired) electrons. The molecule has 4 aromatic rings. The van der Waals surface area contributed by atoms with Crippen LogP contribution in [0.2, 0.25) is 5.02 Å². The summed E-state index contributed by atoms with van der Waals surface area (Å²) in [5.41, 5.74) is 4.00. The molecule has 7 heteroatoms. The molecule has 0 atom stereocenters. The number of nitrogens with zero attached hydrogens (tertiary/aromatic N) is 2. The lowest BCUT2D eigenvalue weighted by Gasteiger charge is -2.09. The van der Waals surface area contributed by atoms with Crippen LogP contribution >= 0.6 is 11.6 Å². The van der Waals surface area contributed by atoms with Gasteiger partial charge in [-0.1, -0.05) is 35.9 Å². The molecule has 0 spiro atoms. The number of para-hydroxylation sites is 1. The lowest BCUT2D eigenvalue weighted by Crippen LogP contribution is -2.00. The molecule has 0 bridgehead atoms. The van der Waals surface area contributed by atoms with Crippen molar-refractivity contribution in [3.8, 4) is 11.3 Å². The van der Waals surface area contributed by atoms with E-state index in [0.29, 0.717) is 28.8 Å². The maximum Gasteiger partial charge on any atom is 0.227 e. The summed E-state index contributed by atoms with van der Waals surface area (Å²) in [7, 11) is 0. The summed E-state index contributed by atoms with van der Waals surface area (Å²) in [6, 6.07) is 15.2. The zero-order valence-electron chi connectivity index (χ0n) is 13.5. The lowest BCUT2D eigenvalue weighted by molar-refractivity contribution is -0.105. The van der Waals surface area contributed by atoms with E-state index in [0.717, 1.165) is 22.2 Å². The minimum Gasteiger partial charge on any atom is -0.360 e. The maximum atomic E-state index is 10.6. The first-order chi connectivity index (χ1) is 12.7. The normalized spacial score (nSPS) is 10.7. The number of amides is 1. The smallest absolute Gasteiger partial charge is 0.227 e. The number of carbonyl (C=O) groups is 1. The lowest BCUT2D eigenvalue weighted by atomic mass is 10.1. The predicted molar refractivity (Wildman–Crippen MR) is 104 cm³/mol. The van der Waals surface area contributed by atoms with Gasteiger partial charge in [0.1, 0.15) is 0 Å². The largest absolute Gasteiger partial charge is 0.360 e. The van der Waals surface area contributed by atoms with E-state index in [-0.39, 0.29) is 0 Å². The summed E-state index contributed by atoms with van der Waals surface area (Å²) in [5, 5.41) is 7.25. The summed E-state index contributed by atoms with van der Waals surface area (Å²) in [6.07, 6.45) is 4.09. The number of hydrogen-bond donors (Lipinski definition) is 3. The van der Waals surface area contributed by atoms with Crippen LogP contribution in [0, 0.1) is 0 Å². The van der Waals surface area contributed by atoms with Gasteiger partial charge in [0.25, 0.3) is 0 Å². The van der Waals surface area contributed by atoms with Gasteiger partial charge >= 0.3 is 0 Å². The van der Waals surface area contributed by atoms with Gasteiger partial charge in [-0.2, -0.15) is 0 Å². The maximum absolute atomic E-state index is 10.6. The van der Waals surface area contributed by atoms with Crippen LogP contribution in [-0.2, 0) is 4.79 Å². The minimum absolute atomic E-state index is 0.415. The van der Waals surface area contributed by atoms with Crippen molar-refractivity contribution in [2.24, 2.45) is 0 Å². The molecular weight excluding hydrogens is 350 g/mol. The second-order valence-electron chi connectivity index (χ2n) is 5.61. The highest BCUT2D eigenvalue weighted by Crippen LogP contribution is 2.32. The molecule has 0 saturated carbocycles. The van der Waals surface area contributed by atoms with Gasteiger partial charge in [0.05, 0.1) is 16.9 Å². The number of anilines is 3. The fourth-order valence-electron chi connectivity index (χ4n) is 2.77. The van der Waals surface area contributed by atoms with Gasteiger partial charge in [-0.05, 0) is 24.3 Å². The van der Waals surface area contributed by atoms with E-state index >= 15 is 0 Å². The van der Waals surface area contributed by atoms with Crippen molar-refractivity contribution in [3.63, 3.8) is 0 Å². The fraction of sp³-hybridized carbons (Fsp3) is 0. The number of H-pyrrole nitrogens is 1. The molecule has 2 aromatic carbocycles. The Morgan fingerprint density at radius 3 is 2.81 bits per heavy atom. The second-order valence-corrected chi connectivity index (χ2v) is 6.01. The molecule has 0 unspecified atom stereocenters. The number of halogens is 1. The molecule has 0 fully saturated rings. The summed E-state index contributed by atoms with van der Waals surface area (Å²) >= 11 is 6.34. The summed E-state index contributed by atoms with van der Waals surface area (Å²) in [4.78, 5) is 22.6. The van der Waals surface area contributed by atoms with Crippen LogP contribution in [0.15, 0.2) is 60.9 Å². The summed E-state index contributed by atoms with van der Waals surface area (Å²) in [6.45, 7) is 0. The zero-order valence-corrected chi connectivity index (χ0v) is 14.3. The van der Waals surface area contributed by atoms with Crippen molar-refractivity contribution in [1.82, 2.24) is 15.0 Å². The number of carbonyl (C=O) groups excluding carboxylic acids is 1. The Kier molecular flexibility index (Phi) is 4.25. The van der Waals surface area contributed by atoms with E-state index in [9.17, 15) is 4.79 Å². The van der Waals surface area contributed by atoms with E-state index < -0.39 is 0 Å². The molecule has 0 aliphatic carbocycles. The van der Waals surface area contributed by atoms with Gasteiger partial charge in [0.2, 0.25) is 12.4 Å². The average molecular weight is 364 g/mol. The van der Waals surface area contributed by atoms with Gasteiger partial charge in [-0.3, -0.25) is 4.79 Å². The first kappa shape index (κ1) is 16.1. The third-order valence-electron chi connectivity index (χ3n) is 3.93. The third-order valence-corrected chi connectivity index (χ3v) is 4.21. The highest BCUT2D eigenvalue weighted by molar-refractivity contribution is 6.33. The van der Waals surface area contributed by atoms with E-state index in [4.69, 9.17) is 11.6 Å². The van der Waals surface area contributed by atoms with Crippen molar-refractivity contribution < 1.29 is 4.79 Å². The van der Waals surface area contributed by atoms with Gasteiger partial charge in [0, 0.05) is 34.0 Å². The number of rotatable bonds is 5. The number of fused-ring (bicyclic) bond motifs is 1. The molecule has 0 aliphatic rings. The van der Waals surface area contributed by atoms with Gasteiger partial charge in [-0.25, -0.2) is 9.97 Å². The number of benzene rings is 2. The molecule has 128 valence electrons. The molecule has 0 aliphatic heterocycles. The first-order valence-electron chi connectivity index (χ1n) is 7.91. The van der Waals surface area contributed by atoms with Crippen LogP contribution < -0.4 is 10.6 Å². The van der Waals surface area contributed by atoms with Gasteiger partial charge < -0.3 is 15.6 Å². The van der Waals surface area contributed by atoms with E-state index in [1.54, 1.807) is 18.3 Å². The second kappa shape index (κ2) is 6.85. The summed E-state index contributed by atoms with van der Waals surface area (Å²) in [5.74, 6) is 0.415. The third kappa shape index (κ3) is 3.10. The minimum atomic E-state index is 0.415. The molecule has 1 amide bonds. The van der Waals surface area contributed by atoms with Crippen molar-refractivity contribution in [2.75, 3.05) is 10.6 Å². The number of aromatic nitrogens is 3. The molecule has 3 N–H and O–H groups in total. The monoisotopic (exact) mass is 363 g/mol. The zero-order chi connectivity index (χ0) is 17.9. The van der Waals surface area contributed by atoms with E-state index in [1.165, 1.54) is 0 Å². The molecule has 26 heavy (non-hydrogen) atoms. The average Bonchev–Trinajstić information content (AvgIpc) is 3.08. The molecule has 4 rings (SSSR count). The highest BCUT2D eigenvalue weighted by atomic mass is 35.5. The Bertz CT molecular complexity index is 1090. The summed E-state index contributed by atoms with van der Waals surface area (Å²) < 4.78 is 0. The highest BCUT2D eigenvalue weighted by Gasteiger charge is 2.13. The Morgan fingerprint density at radius 1 is 1.08 bits per heavy atom. The Balaban J connectivity index is 1.71. The predicted octanol–water partition coefficient (Wildman–Crippen LogP) is 4.59. The van der Waals surface area contributed by atoms with Crippen LogP contribution in [-0.4, -0.2) is 21.4 Å².